The van der Waals surface area contributed by atoms with Crippen LogP contribution < -0.4 is 21.9 Å². The van der Waals surface area contributed by atoms with Gasteiger partial charge in [0.1, 0.15) is 5.03 Å². The predicted octanol–water partition coefficient (Wildman–Crippen LogP) is 1.14. The molecule has 6 nitrogen and oxygen atoms in total. The maximum atomic E-state index is 12.5. The van der Waals surface area contributed by atoms with Gasteiger partial charge in [-0.15, -0.1) is 0 Å². The van der Waals surface area contributed by atoms with Gasteiger partial charge in [0.2, 0.25) is 5.91 Å². The van der Waals surface area contributed by atoms with E-state index in [1.807, 2.05) is 37.3 Å². The van der Waals surface area contributed by atoms with E-state index >= 15 is 0 Å². The second kappa shape index (κ2) is 7.83. The Kier molecular flexibility index (Phi) is 6.06. The third-order valence-corrected chi connectivity index (χ3v) is 4.91. The summed E-state index contributed by atoms with van der Waals surface area (Å²) >= 11 is 0.907. The largest absolute Gasteiger partial charge is 0.396 e. The van der Waals surface area contributed by atoms with Crippen LogP contribution in [-0.2, 0) is 9.53 Å². The van der Waals surface area contributed by atoms with Crippen molar-refractivity contribution in [1.29, 1.82) is 0 Å². The van der Waals surface area contributed by atoms with Crippen LogP contribution in [0.1, 0.15) is 25.3 Å². The van der Waals surface area contributed by atoms with Crippen molar-refractivity contribution >= 4 is 23.6 Å². The van der Waals surface area contributed by atoms with Gasteiger partial charge in [-0.25, -0.2) is 0 Å². The first-order valence-corrected chi connectivity index (χ1v) is 8.42. The Hall–Kier alpha value is -1.54. The van der Waals surface area contributed by atoms with Crippen LogP contribution in [0.3, 0.4) is 0 Å². The number of nitrogens with two attached hydrogens (primary N) is 3. The predicted molar refractivity (Wildman–Crippen MR) is 93.6 cm³/mol. The number of hydrogen-bond donors (Lipinski definition) is 4. The molecule has 7 heteroatoms. The van der Waals surface area contributed by atoms with Crippen LogP contribution in [0.25, 0.3) is 5.70 Å². The first-order valence-electron chi connectivity index (χ1n) is 7.54. The highest BCUT2D eigenvalue weighted by atomic mass is 32.2. The monoisotopic (exact) mass is 336 g/mol. The number of ether oxygens (including phenoxy) is 1. The van der Waals surface area contributed by atoms with E-state index in [9.17, 15) is 4.79 Å². The lowest BCUT2D eigenvalue weighted by molar-refractivity contribution is -0.126. The molecule has 1 heterocycles. The molecule has 7 N–H and O–H groups in total. The average molecular weight is 336 g/mol. The maximum absolute atomic E-state index is 12.5. The standard InChI is InChI=1S/C16H24N4O2S/c1-16(7-9-22-10-8-16)13(18)14(21)20-15(23-19)12(17)11-5-3-2-4-6-11/h2-6,13H,7-10,17-19H2,1H3,(H,20,21)/b15-12-. The zero-order valence-corrected chi connectivity index (χ0v) is 14.1. The molecule has 1 saturated heterocycles. The molecule has 1 fully saturated rings. The van der Waals surface area contributed by atoms with Gasteiger partial charge >= 0.3 is 0 Å². The Balaban J connectivity index is 2.13. The molecule has 0 radical (unpaired) electrons. The molecular weight excluding hydrogens is 312 g/mol. The molecule has 0 saturated carbocycles. The van der Waals surface area contributed by atoms with Crippen LogP contribution in [0.5, 0.6) is 0 Å². The number of carbonyl (C=O) groups excluding carboxylic acids is 1. The fraction of sp³-hybridized carbons (Fsp3) is 0.438. The fourth-order valence-electron chi connectivity index (χ4n) is 2.56. The Bertz CT molecular complexity index is 571. The van der Waals surface area contributed by atoms with Crippen LogP contribution >= 0.6 is 11.9 Å². The zero-order chi connectivity index (χ0) is 16.9. The van der Waals surface area contributed by atoms with Gasteiger partial charge in [-0.3, -0.25) is 9.93 Å². The second-order valence-corrected chi connectivity index (χ2v) is 6.60. The van der Waals surface area contributed by atoms with Crippen LogP contribution in [0.2, 0.25) is 0 Å². The Morgan fingerprint density at radius 3 is 2.48 bits per heavy atom. The van der Waals surface area contributed by atoms with E-state index in [1.165, 1.54) is 0 Å². The third-order valence-electron chi connectivity index (χ3n) is 4.35. The maximum Gasteiger partial charge on any atom is 0.242 e. The van der Waals surface area contributed by atoms with E-state index in [2.05, 4.69) is 5.32 Å². The molecule has 0 spiro atoms. The van der Waals surface area contributed by atoms with E-state index < -0.39 is 6.04 Å². The molecular formula is C16H24N4O2S. The van der Waals surface area contributed by atoms with E-state index in [0.717, 1.165) is 30.4 Å². The smallest absolute Gasteiger partial charge is 0.242 e. The van der Waals surface area contributed by atoms with Gasteiger partial charge in [0, 0.05) is 18.8 Å². The summed E-state index contributed by atoms with van der Waals surface area (Å²) in [5, 5.41) is 8.86. The number of amides is 1. The Labute approximate surface area is 140 Å². The summed E-state index contributed by atoms with van der Waals surface area (Å²) in [5.41, 5.74) is 13.2. The molecule has 23 heavy (non-hydrogen) atoms. The summed E-state index contributed by atoms with van der Waals surface area (Å²) < 4.78 is 5.35. The molecule has 1 aliphatic rings. The van der Waals surface area contributed by atoms with Crippen molar-refractivity contribution in [2.24, 2.45) is 22.0 Å². The van der Waals surface area contributed by atoms with Gasteiger partial charge < -0.3 is 21.5 Å². The summed E-state index contributed by atoms with van der Waals surface area (Å²) in [6, 6.07) is 8.72. The summed E-state index contributed by atoms with van der Waals surface area (Å²) in [7, 11) is 0. The van der Waals surface area contributed by atoms with Gasteiger partial charge in [-0.1, -0.05) is 37.3 Å². The van der Waals surface area contributed by atoms with Crippen molar-refractivity contribution in [3.05, 3.63) is 40.9 Å². The van der Waals surface area contributed by atoms with Crippen LogP contribution in [0, 0.1) is 5.41 Å². The van der Waals surface area contributed by atoms with Crippen molar-refractivity contribution in [3.63, 3.8) is 0 Å². The quantitative estimate of drug-likeness (QED) is 0.599. The van der Waals surface area contributed by atoms with Crippen LogP contribution in [-0.4, -0.2) is 25.2 Å². The van der Waals surface area contributed by atoms with Crippen molar-refractivity contribution in [1.82, 2.24) is 5.32 Å². The van der Waals surface area contributed by atoms with E-state index in [1.54, 1.807) is 0 Å². The molecule has 0 aliphatic carbocycles. The molecule has 1 aromatic rings. The molecule has 1 unspecified atom stereocenters. The molecule has 2 rings (SSSR count). The Morgan fingerprint density at radius 1 is 1.30 bits per heavy atom. The van der Waals surface area contributed by atoms with Crippen molar-refractivity contribution in [2.45, 2.75) is 25.8 Å². The van der Waals surface area contributed by atoms with Crippen LogP contribution in [0.4, 0.5) is 0 Å². The summed E-state index contributed by atoms with van der Waals surface area (Å²) in [6.45, 7) is 3.26. The highest BCUT2D eigenvalue weighted by molar-refractivity contribution is 8.01. The van der Waals surface area contributed by atoms with E-state index in [-0.39, 0.29) is 11.3 Å². The topological polar surface area (TPSA) is 116 Å². The molecule has 1 atom stereocenters. The molecule has 1 aromatic carbocycles. The zero-order valence-electron chi connectivity index (χ0n) is 13.2. The lowest BCUT2D eigenvalue weighted by Crippen LogP contribution is -2.52. The van der Waals surface area contributed by atoms with E-state index in [4.69, 9.17) is 21.3 Å². The molecule has 126 valence electrons. The van der Waals surface area contributed by atoms with Crippen molar-refractivity contribution in [2.75, 3.05) is 13.2 Å². The lowest BCUT2D eigenvalue weighted by atomic mass is 9.75. The normalized spacial score (nSPS) is 19.6. The molecule has 1 aliphatic heterocycles. The van der Waals surface area contributed by atoms with E-state index in [0.29, 0.717) is 23.9 Å². The number of hydrogen-bond acceptors (Lipinski definition) is 6. The number of benzene rings is 1. The Morgan fingerprint density at radius 2 is 1.91 bits per heavy atom. The molecule has 1 amide bonds. The molecule has 0 aromatic heterocycles. The number of nitrogens with one attached hydrogen (secondary N) is 1. The first kappa shape index (κ1) is 17.8. The minimum atomic E-state index is -0.642. The fourth-order valence-corrected chi connectivity index (χ4v) is 2.97. The van der Waals surface area contributed by atoms with Gasteiger partial charge in [-0.2, -0.15) is 0 Å². The number of carbonyl (C=O) groups is 1. The third kappa shape index (κ3) is 4.26. The van der Waals surface area contributed by atoms with Gasteiger partial charge in [0.25, 0.3) is 0 Å². The van der Waals surface area contributed by atoms with Crippen molar-refractivity contribution in [3.8, 4) is 0 Å². The summed E-state index contributed by atoms with van der Waals surface area (Å²) in [5.74, 6) is -0.277. The average Bonchev–Trinajstić information content (AvgIpc) is 2.59. The highest BCUT2D eigenvalue weighted by Gasteiger charge is 2.38. The summed E-state index contributed by atoms with van der Waals surface area (Å²) in [6.07, 6.45) is 1.51. The second-order valence-electron chi connectivity index (χ2n) is 5.96. The van der Waals surface area contributed by atoms with Crippen molar-refractivity contribution < 1.29 is 9.53 Å². The van der Waals surface area contributed by atoms with Gasteiger partial charge in [0.05, 0.1) is 11.7 Å². The van der Waals surface area contributed by atoms with Gasteiger partial charge in [0.15, 0.2) is 0 Å². The minimum absolute atomic E-state index is 0.277. The van der Waals surface area contributed by atoms with Crippen LogP contribution in [0.15, 0.2) is 35.4 Å². The molecule has 0 bridgehead atoms. The highest BCUT2D eigenvalue weighted by Crippen LogP contribution is 2.33. The van der Waals surface area contributed by atoms with Gasteiger partial charge in [-0.05, 0) is 30.2 Å². The number of rotatable bonds is 5. The SMILES string of the molecule is CC1(C(N)C(=O)N/C(SN)=C(/N)c2ccccc2)CCOCC1. The first-order chi connectivity index (χ1) is 11.0. The minimum Gasteiger partial charge on any atom is -0.396 e. The lowest BCUT2D eigenvalue weighted by Gasteiger charge is -2.37. The summed E-state index contributed by atoms with van der Waals surface area (Å²) in [4.78, 5) is 12.5.